The third-order valence-electron chi connectivity index (χ3n) is 9.00. The molecule has 0 bridgehead atoms. The first kappa shape index (κ1) is 34.3. The van der Waals surface area contributed by atoms with E-state index in [0.29, 0.717) is 42.4 Å². The van der Waals surface area contributed by atoms with E-state index < -0.39 is 48.4 Å². The molecule has 0 saturated heterocycles. The van der Waals surface area contributed by atoms with Crippen LogP contribution >= 0.6 is 7.37 Å². The van der Waals surface area contributed by atoms with Gasteiger partial charge in [0.05, 0.1) is 12.1 Å². The van der Waals surface area contributed by atoms with Crippen LogP contribution in [0.1, 0.15) is 87.2 Å². The standard InChI is InChI=1S/C33H45N4O7P/c1-22(38)35-28(20-23-14-16-24(17-15-23)21-45(43,44)31(41)25-10-4-2-5-11-25)30(40)37-33(18-8-3-9-19-33)32(42)36-27-13-7-6-12-26(27)29(34)39/h2,4-5,10-11,14-17,26-28,31,41H,3,6-9,12-13,18-21H2,1H3,(H2,34,39)(H,35,38)(H,36,42)(H,37,40)(H,43,44)/t26-,27+,28-,31?/m0/s1. The van der Waals surface area contributed by atoms with E-state index in [4.69, 9.17) is 5.73 Å². The molecule has 4 rings (SSSR count). The summed E-state index contributed by atoms with van der Waals surface area (Å²) < 4.78 is 13.0. The third-order valence-corrected chi connectivity index (χ3v) is 10.9. The van der Waals surface area contributed by atoms with Crippen LogP contribution in [0.25, 0.3) is 0 Å². The van der Waals surface area contributed by atoms with Gasteiger partial charge in [0, 0.05) is 19.4 Å². The molecule has 2 aromatic carbocycles. The van der Waals surface area contributed by atoms with Gasteiger partial charge in [-0.3, -0.25) is 23.7 Å². The zero-order valence-electron chi connectivity index (χ0n) is 25.7. The van der Waals surface area contributed by atoms with Gasteiger partial charge >= 0.3 is 0 Å². The van der Waals surface area contributed by atoms with Crippen molar-refractivity contribution in [1.82, 2.24) is 16.0 Å². The quantitative estimate of drug-likeness (QED) is 0.192. The van der Waals surface area contributed by atoms with Crippen LogP contribution in [0.15, 0.2) is 54.6 Å². The molecule has 0 spiro atoms. The number of hydrogen-bond acceptors (Lipinski definition) is 6. The highest BCUT2D eigenvalue weighted by molar-refractivity contribution is 7.57. The number of hydrogen-bond donors (Lipinski definition) is 6. The summed E-state index contributed by atoms with van der Waals surface area (Å²) in [7, 11) is -3.99. The van der Waals surface area contributed by atoms with Gasteiger partial charge in [0.15, 0.2) is 5.85 Å². The van der Waals surface area contributed by atoms with E-state index in [1.807, 2.05) is 0 Å². The van der Waals surface area contributed by atoms with Gasteiger partial charge in [-0.2, -0.15) is 0 Å². The smallest absolute Gasteiger partial charge is 0.245 e. The Hall–Kier alpha value is -3.53. The number of aliphatic hydroxyl groups excluding tert-OH is 1. The van der Waals surface area contributed by atoms with Gasteiger partial charge in [-0.1, -0.05) is 86.7 Å². The molecule has 0 heterocycles. The second-order valence-electron chi connectivity index (χ2n) is 12.5. The summed E-state index contributed by atoms with van der Waals surface area (Å²) in [5.74, 6) is -3.63. The average Bonchev–Trinajstić information content (AvgIpc) is 3.02. The molecule has 12 heteroatoms. The highest BCUT2D eigenvalue weighted by Crippen LogP contribution is 2.56. The van der Waals surface area contributed by atoms with Crippen molar-refractivity contribution in [1.29, 1.82) is 0 Å². The van der Waals surface area contributed by atoms with Crippen LogP contribution < -0.4 is 21.7 Å². The predicted molar refractivity (Wildman–Crippen MR) is 170 cm³/mol. The molecule has 2 fully saturated rings. The molecule has 7 N–H and O–H groups in total. The van der Waals surface area contributed by atoms with Crippen molar-refractivity contribution in [3.63, 3.8) is 0 Å². The first-order valence-corrected chi connectivity index (χ1v) is 17.6. The lowest BCUT2D eigenvalue weighted by Gasteiger charge is -2.40. The lowest BCUT2D eigenvalue weighted by molar-refractivity contribution is -0.138. The maximum Gasteiger partial charge on any atom is 0.245 e. The minimum Gasteiger partial charge on any atom is -0.378 e. The average molecular weight is 641 g/mol. The Morgan fingerprint density at radius 2 is 1.56 bits per heavy atom. The topological polar surface area (TPSA) is 188 Å². The van der Waals surface area contributed by atoms with Crippen LogP contribution in [-0.2, 0) is 36.3 Å². The van der Waals surface area contributed by atoms with E-state index in [9.17, 15) is 33.7 Å². The van der Waals surface area contributed by atoms with E-state index in [1.54, 1.807) is 54.6 Å². The van der Waals surface area contributed by atoms with Gasteiger partial charge < -0.3 is 31.7 Å². The van der Waals surface area contributed by atoms with Crippen LogP contribution in [0.4, 0.5) is 0 Å². The van der Waals surface area contributed by atoms with Gasteiger partial charge in [-0.15, -0.1) is 0 Å². The zero-order valence-corrected chi connectivity index (χ0v) is 26.6. The van der Waals surface area contributed by atoms with Crippen LogP contribution in [-0.4, -0.2) is 51.3 Å². The number of carbonyl (C=O) groups is 4. The molecule has 4 amide bonds. The summed E-state index contributed by atoms with van der Waals surface area (Å²) in [6.45, 7) is 1.32. The Bertz CT molecular complexity index is 1400. The molecule has 0 aromatic heterocycles. The first-order valence-electron chi connectivity index (χ1n) is 15.7. The number of nitrogens with two attached hydrogens (primary N) is 1. The summed E-state index contributed by atoms with van der Waals surface area (Å²) in [4.78, 5) is 62.2. The van der Waals surface area contributed by atoms with Crippen molar-refractivity contribution >= 4 is 31.0 Å². The van der Waals surface area contributed by atoms with E-state index in [-0.39, 0.29) is 24.5 Å². The van der Waals surface area contributed by atoms with E-state index in [2.05, 4.69) is 16.0 Å². The normalized spacial score (nSPS) is 22.2. The molecule has 244 valence electrons. The predicted octanol–water partition coefficient (Wildman–Crippen LogP) is 3.17. The second-order valence-corrected chi connectivity index (χ2v) is 14.8. The Kier molecular flexibility index (Phi) is 11.6. The van der Waals surface area contributed by atoms with Crippen molar-refractivity contribution in [3.05, 3.63) is 71.3 Å². The van der Waals surface area contributed by atoms with Crippen molar-refractivity contribution < 1.29 is 33.7 Å². The van der Waals surface area contributed by atoms with Crippen LogP contribution in [0.2, 0.25) is 0 Å². The molecule has 0 aliphatic heterocycles. The fourth-order valence-electron chi connectivity index (χ4n) is 6.52. The van der Waals surface area contributed by atoms with E-state index >= 15 is 0 Å². The summed E-state index contributed by atoms with van der Waals surface area (Å²) in [5, 5.41) is 19.2. The Balaban J connectivity index is 1.46. The Labute approximate surface area is 264 Å². The maximum absolute atomic E-state index is 13.8. The number of benzene rings is 2. The number of primary amides is 1. The largest absolute Gasteiger partial charge is 0.378 e. The number of rotatable bonds is 12. The summed E-state index contributed by atoms with van der Waals surface area (Å²) in [6.07, 6.45) is 6.20. The maximum atomic E-state index is 13.8. The molecule has 2 aliphatic carbocycles. The zero-order chi connectivity index (χ0) is 32.6. The second kappa shape index (κ2) is 15.2. The van der Waals surface area contributed by atoms with Gasteiger partial charge in [-0.05, 0) is 42.4 Å². The molecule has 0 radical (unpaired) electrons. The molecule has 2 aromatic rings. The fourth-order valence-corrected chi connectivity index (χ4v) is 8.06. The Morgan fingerprint density at radius 3 is 2.18 bits per heavy atom. The summed E-state index contributed by atoms with van der Waals surface area (Å²) in [6, 6.07) is 13.7. The van der Waals surface area contributed by atoms with E-state index in [1.165, 1.54) is 6.92 Å². The minimum atomic E-state index is -3.99. The van der Waals surface area contributed by atoms with Crippen molar-refractivity contribution in [2.45, 2.75) is 101 Å². The van der Waals surface area contributed by atoms with Crippen molar-refractivity contribution in [2.75, 3.05) is 0 Å². The molecule has 2 aliphatic rings. The molecule has 2 unspecified atom stereocenters. The van der Waals surface area contributed by atoms with Gasteiger partial charge in [0.25, 0.3) is 0 Å². The number of amides is 4. The third kappa shape index (κ3) is 9.02. The minimum absolute atomic E-state index is 0.124. The van der Waals surface area contributed by atoms with Crippen LogP contribution in [0, 0.1) is 5.92 Å². The van der Waals surface area contributed by atoms with Gasteiger partial charge in [0.1, 0.15) is 11.6 Å². The Morgan fingerprint density at radius 1 is 0.933 bits per heavy atom. The molecule has 45 heavy (non-hydrogen) atoms. The fraction of sp³-hybridized carbons (Fsp3) is 0.515. The van der Waals surface area contributed by atoms with Gasteiger partial charge in [0.2, 0.25) is 31.0 Å². The van der Waals surface area contributed by atoms with Crippen LogP contribution in [0.3, 0.4) is 0 Å². The van der Waals surface area contributed by atoms with Crippen molar-refractivity contribution in [3.8, 4) is 0 Å². The highest BCUT2D eigenvalue weighted by Gasteiger charge is 2.44. The molecule has 2 saturated carbocycles. The summed E-state index contributed by atoms with van der Waals surface area (Å²) in [5.41, 5.74) is 6.04. The van der Waals surface area contributed by atoms with Crippen LogP contribution in [0.5, 0.6) is 0 Å². The van der Waals surface area contributed by atoms with Crippen molar-refractivity contribution in [2.24, 2.45) is 11.7 Å². The molecule has 11 nitrogen and oxygen atoms in total. The lowest BCUT2D eigenvalue weighted by atomic mass is 9.79. The first-order chi connectivity index (χ1) is 21.4. The molecular weight excluding hydrogens is 595 g/mol. The molecular formula is C33H45N4O7P. The highest BCUT2D eigenvalue weighted by atomic mass is 31.2. The summed E-state index contributed by atoms with van der Waals surface area (Å²) >= 11 is 0. The van der Waals surface area contributed by atoms with E-state index in [0.717, 1.165) is 32.1 Å². The monoisotopic (exact) mass is 640 g/mol. The number of carbonyl (C=O) groups excluding carboxylic acids is 4. The number of nitrogens with one attached hydrogen (secondary N) is 3. The van der Waals surface area contributed by atoms with Gasteiger partial charge in [-0.25, -0.2) is 0 Å². The number of aliphatic hydroxyl groups is 1. The molecule has 5 atom stereocenters. The SMILES string of the molecule is CC(=O)N[C@@H](Cc1ccc(CP(=O)(O)C(O)c2ccccc2)cc1)C(=O)NC1(C(=O)N[C@@H]2CCCC[C@@H]2C(N)=O)CCCCC1. The lowest BCUT2D eigenvalue weighted by Crippen LogP contribution is -2.65.